The number of rotatable bonds is 1. The summed E-state index contributed by atoms with van der Waals surface area (Å²) >= 11 is 0. The van der Waals surface area contributed by atoms with Crippen LogP contribution in [0.4, 0.5) is 0 Å². The maximum atomic E-state index is 9.60. The van der Waals surface area contributed by atoms with Crippen LogP contribution in [-0.2, 0) is 0 Å². The van der Waals surface area contributed by atoms with E-state index in [-0.39, 0.29) is 12.4 Å². The van der Waals surface area contributed by atoms with E-state index in [2.05, 4.69) is 0 Å². The topological polar surface area (TPSA) is 107 Å². The quantitative estimate of drug-likeness (QED) is 0.346. The molecule has 0 heterocycles. The maximum absolute atomic E-state index is 9.60. The van der Waals surface area contributed by atoms with E-state index in [0.717, 1.165) is 0 Å². The first kappa shape index (κ1) is 13.1. The van der Waals surface area contributed by atoms with Crippen LogP contribution in [0.25, 0.3) is 0 Å². The minimum absolute atomic E-state index is 0. The van der Waals surface area contributed by atoms with Crippen molar-refractivity contribution in [2.24, 2.45) is 5.73 Å². The zero-order chi connectivity index (χ0) is 9.35. The van der Waals surface area contributed by atoms with Crippen molar-refractivity contribution < 1.29 is 20.4 Å². The summed E-state index contributed by atoms with van der Waals surface area (Å²) in [6, 6.07) is -0.680. The molecule has 5 nitrogen and oxygen atoms in total. The second kappa shape index (κ2) is 4.54. The second-order valence-electron chi connectivity index (χ2n) is 3.35. The lowest BCUT2D eigenvalue weighted by molar-refractivity contribution is -0.177. The van der Waals surface area contributed by atoms with Crippen molar-refractivity contribution in [2.75, 3.05) is 6.61 Å². The Morgan fingerprint density at radius 3 is 2.23 bits per heavy atom. The van der Waals surface area contributed by atoms with Crippen LogP contribution in [0, 0.1) is 0 Å². The van der Waals surface area contributed by atoms with Crippen molar-refractivity contribution in [3.8, 4) is 0 Å². The Morgan fingerprint density at radius 1 is 1.31 bits per heavy atom. The molecule has 0 saturated heterocycles. The van der Waals surface area contributed by atoms with E-state index in [1.165, 1.54) is 0 Å². The van der Waals surface area contributed by atoms with Gasteiger partial charge in [-0.1, -0.05) is 0 Å². The zero-order valence-electron chi connectivity index (χ0n) is 7.13. The first-order valence-corrected chi connectivity index (χ1v) is 3.97. The molecule has 6 N–H and O–H groups in total. The van der Waals surface area contributed by atoms with Crippen LogP contribution in [0.2, 0.25) is 0 Å². The minimum Gasteiger partial charge on any atom is -0.393 e. The molecule has 0 unspecified atom stereocenters. The first-order chi connectivity index (χ1) is 5.52. The Hall–Kier alpha value is 0.0900. The van der Waals surface area contributed by atoms with Gasteiger partial charge in [0, 0.05) is 6.04 Å². The van der Waals surface area contributed by atoms with Crippen molar-refractivity contribution in [3.63, 3.8) is 0 Å². The Balaban J connectivity index is 0.00000144. The van der Waals surface area contributed by atoms with E-state index < -0.39 is 30.5 Å². The third-order valence-electron chi connectivity index (χ3n) is 2.55. The molecule has 4 atom stereocenters. The summed E-state index contributed by atoms with van der Waals surface area (Å²) in [5, 5.41) is 36.9. The summed E-state index contributed by atoms with van der Waals surface area (Å²) in [6.07, 6.45) is -1.60. The Morgan fingerprint density at radius 2 is 1.85 bits per heavy atom. The molecule has 1 saturated carbocycles. The van der Waals surface area contributed by atoms with Gasteiger partial charge in [0.2, 0.25) is 0 Å². The molecule has 0 aromatic heterocycles. The Bertz CT molecular complexity index is 171. The highest BCUT2D eigenvalue weighted by atomic mass is 35.5. The third kappa shape index (κ3) is 2.12. The fraction of sp³-hybridized carbons (Fsp3) is 1.00. The fourth-order valence-corrected chi connectivity index (χ4v) is 1.52. The molecule has 0 bridgehead atoms. The molecule has 1 aliphatic carbocycles. The van der Waals surface area contributed by atoms with Crippen molar-refractivity contribution in [3.05, 3.63) is 0 Å². The van der Waals surface area contributed by atoms with Gasteiger partial charge in [-0.25, -0.2) is 0 Å². The molecular formula is C7H16ClNO4. The average molecular weight is 214 g/mol. The predicted octanol–water partition coefficient (Wildman–Crippen LogP) is -2.03. The zero-order valence-corrected chi connectivity index (χ0v) is 7.94. The normalized spacial score (nSPS) is 45.5. The highest BCUT2D eigenvalue weighted by Gasteiger charge is 2.47. The fourth-order valence-electron chi connectivity index (χ4n) is 1.52. The molecule has 0 aromatic rings. The van der Waals surface area contributed by atoms with Gasteiger partial charge in [-0.15, -0.1) is 12.4 Å². The number of nitrogens with two attached hydrogens (primary N) is 1. The number of halogens is 1. The van der Waals surface area contributed by atoms with E-state index in [1.807, 2.05) is 0 Å². The largest absolute Gasteiger partial charge is 0.393 e. The SMILES string of the molecule is Cl.N[C@@H]1CC[C@H](O)[C@@H](O)[C@]1(O)CO. The standard InChI is InChI=1S/C7H15NO4.ClH/c8-5-2-1-4(10)6(11)7(5,12)3-9;/h4-6,9-12H,1-3,8H2;1H/t4-,5+,6+,7-;/m0./s1. The number of hydrogen-bond acceptors (Lipinski definition) is 5. The van der Waals surface area contributed by atoms with E-state index >= 15 is 0 Å². The van der Waals surface area contributed by atoms with E-state index in [9.17, 15) is 15.3 Å². The van der Waals surface area contributed by atoms with Crippen LogP contribution in [0.3, 0.4) is 0 Å². The third-order valence-corrected chi connectivity index (χ3v) is 2.55. The van der Waals surface area contributed by atoms with E-state index in [0.29, 0.717) is 12.8 Å². The molecule has 13 heavy (non-hydrogen) atoms. The van der Waals surface area contributed by atoms with Gasteiger partial charge in [0.15, 0.2) is 0 Å². The van der Waals surface area contributed by atoms with Crippen LogP contribution in [0.15, 0.2) is 0 Å². The van der Waals surface area contributed by atoms with Crippen molar-refractivity contribution in [1.82, 2.24) is 0 Å². The summed E-state index contributed by atoms with van der Waals surface area (Å²) in [5.41, 5.74) is 3.74. The first-order valence-electron chi connectivity index (χ1n) is 3.97. The molecule has 0 aromatic carbocycles. The number of aliphatic hydroxyl groups is 4. The summed E-state index contributed by atoms with van der Waals surface area (Å²) in [4.78, 5) is 0. The summed E-state index contributed by atoms with van der Waals surface area (Å²) in [5.74, 6) is 0. The molecule has 0 amide bonds. The lowest BCUT2D eigenvalue weighted by Gasteiger charge is -2.42. The highest BCUT2D eigenvalue weighted by molar-refractivity contribution is 5.85. The molecular weight excluding hydrogens is 198 g/mol. The van der Waals surface area contributed by atoms with E-state index in [1.54, 1.807) is 0 Å². The Labute approximate surface area is 82.6 Å². The number of aliphatic hydroxyl groups excluding tert-OH is 3. The summed E-state index contributed by atoms with van der Waals surface area (Å²) in [7, 11) is 0. The summed E-state index contributed by atoms with van der Waals surface area (Å²) in [6.45, 7) is -0.633. The van der Waals surface area contributed by atoms with Gasteiger partial charge in [-0.3, -0.25) is 0 Å². The highest BCUT2D eigenvalue weighted by Crippen LogP contribution is 2.27. The van der Waals surface area contributed by atoms with Crippen LogP contribution < -0.4 is 5.73 Å². The van der Waals surface area contributed by atoms with Gasteiger partial charge in [-0.05, 0) is 12.8 Å². The van der Waals surface area contributed by atoms with Gasteiger partial charge in [0.05, 0.1) is 12.7 Å². The van der Waals surface area contributed by atoms with Crippen LogP contribution in [0.1, 0.15) is 12.8 Å². The summed E-state index contributed by atoms with van der Waals surface area (Å²) < 4.78 is 0. The van der Waals surface area contributed by atoms with Crippen LogP contribution in [-0.4, -0.2) is 50.9 Å². The van der Waals surface area contributed by atoms with Crippen molar-refractivity contribution >= 4 is 12.4 Å². The monoisotopic (exact) mass is 213 g/mol. The molecule has 0 spiro atoms. The molecule has 0 aliphatic heterocycles. The number of hydrogen-bond donors (Lipinski definition) is 5. The molecule has 1 rings (SSSR count). The molecule has 1 fully saturated rings. The van der Waals surface area contributed by atoms with Gasteiger partial charge in [0.25, 0.3) is 0 Å². The lowest BCUT2D eigenvalue weighted by atomic mass is 9.77. The van der Waals surface area contributed by atoms with Gasteiger partial charge >= 0.3 is 0 Å². The van der Waals surface area contributed by atoms with E-state index in [4.69, 9.17) is 10.8 Å². The molecule has 80 valence electrons. The van der Waals surface area contributed by atoms with Gasteiger partial charge in [-0.2, -0.15) is 0 Å². The smallest absolute Gasteiger partial charge is 0.131 e. The van der Waals surface area contributed by atoms with Crippen molar-refractivity contribution in [1.29, 1.82) is 0 Å². The Kier molecular flexibility index (Phi) is 4.58. The van der Waals surface area contributed by atoms with Gasteiger partial charge in [0.1, 0.15) is 11.7 Å². The maximum Gasteiger partial charge on any atom is 0.131 e. The minimum atomic E-state index is -1.75. The lowest BCUT2D eigenvalue weighted by Crippen LogP contribution is -2.65. The van der Waals surface area contributed by atoms with Crippen molar-refractivity contribution in [2.45, 2.75) is 36.7 Å². The second-order valence-corrected chi connectivity index (χ2v) is 3.35. The molecule has 6 heteroatoms. The molecule has 1 aliphatic rings. The molecule has 0 radical (unpaired) electrons. The van der Waals surface area contributed by atoms with Crippen LogP contribution >= 0.6 is 12.4 Å². The average Bonchev–Trinajstić information content (AvgIpc) is 2.08. The predicted molar refractivity (Wildman–Crippen MR) is 48.5 cm³/mol. The van der Waals surface area contributed by atoms with Crippen LogP contribution in [0.5, 0.6) is 0 Å². The van der Waals surface area contributed by atoms with Gasteiger partial charge < -0.3 is 26.2 Å².